The highest BCUT2D eigenvalue weighted by atomic mass is 16.4. The number of aromatic nitrogens is 2. The third-order valence-electron chi connectivity index (χ3n) is 2.39. The third kappa shape index (κ3) is 2.12. The van der Waals surface area contributed by atoms with Gasteiger partial charge in [0.2, 0.25) is 0 Å². The number of carbonyl (C=O) groups excluding carboxylic acids is 1. The summed E-state index contributed by atoms with van der Waals surface area (Å²) in [6, 6.07) is 1.62. The molecule has 88 valence electrons. The summed E-state index contributed by atoms with van der Waals surface area (Å²) in [4.78, 5) is 30.3. The van der Waals surface area contributed by atoms with Gasteiger partial charge in [0.1, 0.15) is 0 Å². The van der Waals surface area contributed by atoms with Gasteiger partial charge in [-0.25, -0.2) is 9.97 Å². The van der Waals surface area contributed by atoms with Gasteiger partial charge in [0.05, 0.1) is 12.3 Å². The Hall–Kier alpha value is -2.31. The largest absolute Gasteiger partial charge is 0.481 e. The molecule has 0 aromatic carbocycles. The zero-order valence-corrected chi connectivity index (χ0v) is 9.07. The van der Waals surface area contributed by atoms with Gasteiger partial charge in [0.25, 0.3) is 11.9 Å². The van der Waals surface area contributed by atoms with E-state index in [9.17, 15) is 9.59 Å². The van der Waals surface area contributed by atoms with Crippen molar-refractivity contribution in [2.45, 2.75) is 13.3 Å². The number of rotatable bonds is 3. The molecule has 0 saturated heterocycles. The number of hydrazone groups is 1. The Bertz CT molecular complexity index is 486. The Morgan fingerprint density at radius 2 is 2.12 bits per heavy atom. The topological polar surface area (TPSA) is 95.8 Å². The molecule has 0 spiro atoms. The summed E-state index contributed by atoms with van der Waals surface area (Å²) < 4.78 is 0. The van der Waals surface area contributed by atoms with E-state index in [0.717, 1.165) is 5.01 Å². The molecule has 1 aliphatic rings. The summed E-state index contributed by atoms with van der Waals surface area (Å²) in [5.74, 6) is -2.01. The maximum absolute atomic E-state index is 11.9. The Labute approximate surface area is 96.8 Å². The molecule has 1 aromatic rings. The molecule has 0 saturated carbocycles. The molecule has 1 aromatic heterocycles. The number of carboxylic acid groups (broad SMARTS) is 1. The van der Waals surface area contributed by atoms with Crippen LogP contribution in [0.15, 0.2) is 23.6 Å². The van der Waals surface area contributed by atoms with E-state index in [1.54, 1.807) is 13.0 Å². The standard InChI is InChI=1S/C10H10N4O3/c1-6-7(5-8(15)16)9(17)14(13-6)10-11-3-2-4-12-10/h2-4,7H,5H2,1H3,(H,15,16). The van der Waals surface area contributed by atoms with Gasteiger partial charge in [-0.2, -0.15) is 10.1 Å². The maximum Gasteiger partial charge on any atom is 0.304 e. The molecule has 0 fully saturated rings. The number of anilines is 1. The molecule has 17 heavy (non-hydrogen) atoms. The number of amides is 1. The zero-order valence-electron chi connectivity index (χ0n) is 9.07. The first-order valence-electron chi connectivity index (χ1n) is 4.97. The van der Waals surface area contributed by atoms with Crippen molar-refractivity contribution in [1.29, 1.82) is 0 Å². The van der Waals surface area contributed by atoms with Crippen LogP contribution in [0.2, 0.25) is 0 Å². The molecule has 1 atom stereocenters. The van der Waals surface area contributed by atoms with E-state index < -0.39 is 17.8 Å². The van der Waals surface area contributed by atoms with Gasteiger partial charge in [-0.05, 0) is 13.0 Å². The molecule has 0 aliphatic carbocycles. The first kappa shape index (κ1) is 11.2. The van der Waals surface area contributed by atoms with Gasteiger partial charge in [-0.3, -0.25) is 9.59 Å². The molecule has 1 amide bonds. The average molecular weight is 234 g/mol. The predicted molar refractivity (Wildman–Crippen MR) is 58.4 cm³/mol. The SMILES string of the molecule is CC1=NN(c2ncccn2)C(=O)C1CC(=O)O. The molecule has 0 bridgehead atoms. The Kier molecular flexibility index (Phi) is 2.82. The second kappa shape index (κ2) is 4.28. The molecule has 1 aliphatic heterocycles. The Morgan fingerprint density at radius 1 is 1.47 bits per heavy atom. The summed E-state index contributed by atoms with van der Waals surface area (Å²) in [7, 11) is 0. The molecular formula is C10H10N4O3. The van der Waals surface area contributed by atoms with Crippen molar-refractivity contribution < 1.29 is 14.7 Å². The summed E-state index contributed by atoms with van der Waals surface area (Å²) in [6.07, 6.45) is 2.72. The molecule has 0 radical (unpaired) electrons. The lowest BCUT2D eigenvalue weighted by Crippen LogP contribution is -2.29. The van der Waals surface area contributed by atoms with Gasteiger partial charge in [0, 0.05) is 18.1 Å². The average Bonchev–Trinajstić information content (AvgIpc) is 2.58. The number of carboxylic acids is 1. The van der Waals surface area contributed by atoms with Crippen molar-refractivity contribution in [2.75, 3.05) is 5.01 Å². The predicted octanol–water partition coefficient (Wildman–Crippen LogP) is 0.290. The summed E-state index contributed by atoms with van der Waals surface area (Å²) in [5.41, 5.74) is 0.463. The first-order chi connectivity index (χ1) is 8.09. The van der Waals surface area contributed by atoms with Crippen LogP contribution in [-0.4, -0.2) is 32.7 Å². The van der Waals surface area contributed by atoms with Gasteiger partial charge in [0.15, 0.2) is 0 Å². The van der Waals surface area contributed by atoms with Crippen molar-refractivity contribution in [3.05, 3.63) is 18.5 Å². The normalized spacial score (nSPS) is 19.4. The highest BCUT2D eigenvalue weighted by Crippen LogP contribution is 2.22. The van der Waals surface area contributed by atoms with E-state index in [1.807, 2.05) is 0 Å². The van der Waals surface area contributed by atoms with Crippen LogP contribution in [0.1, 0.15) is 13.3 Å². The molecule has 2 rings (SSSR count). The number of aliphatic carboxylic acids is 1. The van der Waals surface area contributed by atoms with Crippen molar-refractivity contribution in [3.63, 3.8) is 0 Å². The van der Waals surface area contributed by atoms with Crippen LogP contribution in [0.25, 0.3) is 0 Å². The second-order valence-electron chi connectivity index (χ2n) is 3.59. The summed E-state index contributed by atoms with van der Waals surface area (Å²) >= 11 is 0. The van der Waals surface area contributed by atoms with Crippen LogP contribution < -0.4 is 5.01 Å². The summed E-state index contributed by atoms with van der Waals surface area (Å²) in [5, 5.41) is 13.7. The van der Waals surface area contributed by atoms with E-state index in [1.165, 1.54) is 12.4 Å². The van der Waals surface area contributed by atoms with Crippen LogP contribution in [0.5, 0.6) is 0 Å². The van der Waals surface area contributed by atoms with Gasteiger partial charge >= 0.3 is 5.97 Å². The zero-order chi connectivity index (χ0) is 12.4. The highest BCUT2D eigenvalue weighted by Gasteiger charge is 2.36. The van der Waals surface area contributed by atoms with E-state index in [4.69, 9.17) is 5.11 Å². The number of nitrogens with zero attached hydrogens (tertiary/aromatic N) is 4. The summed E-state index contributed by atoms with van der Waals surface area (Å²) in [6.45, 7) is 1.62. The van der Waals surface area contributed by atoms with Gasteiger partial charge in [-0.15, -0.1) is 0 Å². The van der Waals surface area contributed by atoms with Crippen molar-refractivity contribution in [2.24, 2.45) is 11.0 Å². The van der Waals surface area contributed by atoms with Crippen LogP contribution in [-0.2, 0) is 9.59 Å². The van der Waals surface area contributed by atoms with E-state index in [-0.39, 0.29) is 12.4 Å². The van der Waals surface area contributed by atoms with E-state index >= 15 is 0 Å². The minimum atomic E-state index is -1.03. The number of carbonyl (C=O) groups is 2. The lowest BCUT2D eigenvalue weighted by molar-refractivity contribution is -0.139. The fourth-order valence-corrected chi connectivity index (χ4v) is 1.56. The van der Waals surface area contributed by atoms with Crippen LogP contribution in [0.4, 0.5) is 5.95 Å². The minimum absolute atomic E-state index is 0.157. The van der Waals surface area contributed by atoms with E-state index in [0.29, 0.717) is 5.71 Å². The highest BCUT2D eigenvalue weighted by molar-refractivity contribution is 6.15. The minimum Gasteiger partial charge on any atom is -0.481 e. The van der Waals surface area contributed by atoms with Crippen LogP contribution in [0.3, 0.4) is 0 Å². The molecule has 1 unspecified atom stereocenters. The molecule has 2 heterocycles. The lowest BCUT2D eigenvalue weighted by atomic mass is 10.0. The second-order valence-corrected chi connectivity index (χ2v) is 3.59. The smallest absolute Gasteiger partial charge is 0.304 e. The van der Waals surface area contributed by atoms with Crippen LogP contribution in [0, 0.1) is 5.92 Å². The fourth-order valence-electron chi connectivity index (χ4n) is 1.56. The van der Waals surface area contributed by atoms with Crippen molar-refractivity contribution >= 4 is 23.5 Å². The van der Waals surface area contributed by atoms with Crippen LogP contribution >= 0.6 is 0 Å². The first-order valence-corrected chi connectivity index (χ1v) is 4.97. The molecule has 7 nitrogen and oxygen atoms in total. The molecule has 7 heteroatoms. The maximum atomic E-state index is 11.9. The van der Waals surface area contributed by atoms with Gasteiger partial charge < -0.3 is 5.11 Å². The number of hydrogen-bond donors (Lipinski definition) is 1. The van der Waals surface area contributed by atoms with Crippen molar-refractivity contribution in [1.82, 2.24) is 9.97 Å². The number of hydrogen-bond acceptors (Lipinski definition) is 5. The Morgan fingerprint density at radius 3 is 2.71 bits per heavy atom. The lowest BCUT2D eigenvalue weighted by Gasteiger charge is -2.10. The quantitative estimate of drug-likeness (QED) is 0.810. The fraction of sp³-hybridized carbons (Fsp3) is 0.300. The van der Waals surface area contributed by atoms with E-state index in [2.05, 4.69) is 15.1 Å². The third-order valence-corrected chi connectivity index (χ3v) is 2.39. The Balaban J connectivity index is 2.24. The van der Waals surface area contributed by atoms with Crippen molar-refractivity contribution in [3.8, 4) is 0 Å². The van der Waals surface area contributed by atoms with Gasteiger partial charge in [-0.1, -0.05) is 0 Å². The molecular weight excluding hydrogens is 224 g/mol. The molecule has 1 N–H and O–H groups in total. The monoisotopic (exact) mass is 234 g/mol.